The van der Waals surface area contributed by atoms with E-state index in [4.69, 9.17) is 0 Å². The predicted molar refractivity (Wildman–Crippen MR) is 79.4 cm³/mol. The molecule has 0 saturated carbocycles. The molecule has 112 valence electrons. The van der Waals surface area contributed by atoms with Crippen LogP contribution in [0.1, 0.15) is 18.9 Å². The van der Waals surface area contributed by atoms with Crippen molar-refractivity contribution in [2.45, 2.75) is 19.8 Å². The van der Waals surface area contributed by atoms with E-state index in [1.54, 1.807) is 12.4 Å². The van der Waals surface area contributed by atoms with Crippen molar-refractivity contribution < 1.29 is 8.78 Å². The molecule has 2 N–H and O–H groups in total. The van der Waals surface area contributed by atoms with Gasteiger partial charge in [-0.15, -0.1) is 0 Å². The maximum Gasteiger partial charge on any atom is 0.168 e. The lowest BCUT2D eigenvalue weighted by atomic mass is 10.2. The molecule has 0 radical (unpaired) electrons. The van der Waals surface area contributed by atoms with Crippen LogP contribution in [0, 0.1) is 11.6 Å². The molecule has 0 bridgehead atoms. The molecule has 0 fully saturated rings. The van der Waals surface area contributed by atoms with Gasteiger partial charge in [-0.25, -0.2) is 13.8 Å². The smallest absolute Gasteiger partial charge is 0.168 e. The van der Waals surface area contributed by atoms with Crippen LogP contribution in [0.4, 0.5) is 20.4 Å². The number of rotatable bonds is 7. The van der Waals surface area contributed by atoms with Gasteiger partial charge in [0.1, 0.15) is 0 Å². The van der Waals surface area contributed by atoms with E-state index in [1.807, 2.05) is 19.1 Å². The Balaban J connectivity index is 1.98. The van der Waals surface area contributed by atoms with E-state index < -0.39 is 11.6 Å². The molecule has 0 saturated heterocycles. The average molecular weight is 292 g/mol. The van der Waals surface area contributed by atoms with Crippen LogP contribution in [0.25, 0.3) is 0 Å². The zero-order valence-electron chi connectivity index (χ0n) is 11.9. The number of hydrogen-bond acceptors (Lipinski definition) is 4. The van der Waals surface area contributed by atoms with Gasteiger partial charge >= 0.3 is 0 Å². The number of nitrogens with one attached hydrogen (secondary N) is 2. The second kappa shape index (κ2) is 7.52. The highest BCUT2D eigenvalue weighted by atomic mass is 19.1. The maximum atomic E-state index is 13.7. The van der Waals surface area contributed by atoms with Gasteiger partial charge in [-0.2, -0.15) is 0 Å². The second-order valence-corrected chi connectivity index (χ2v) is 4.61. The molecule has 0 aliphatic rings. The van der Waals surface area contributed by atoms with Crippen molar-refractivity contribution in [1.82, 2.24) is 9.97 Å². The summed E-state index contributed by atoms with van der Waals surface area (Å²) in [4.78, 5) is 7.89. The van der Waals surface area contributed by atoms with Crippen LogP contribution in [0.2, 0.25) is 0 Å². The first-order chi connectivity index (χ1) is 10.2. The first-order valence-electron chi connectivity index (χ1n) is 6.93. The fourth-order valence-electron chi connectivity index (χ4n) is 1.83. The Bertz CT molecular complexity index is 575. The number of halogens is 2. The third-order valence-electron chi connectivity index (χ3n) is 2.93. The lowest BCUT2D eigenvalue weighted by molar-refractivity contribution is 0.577. The standard InChI is InChI=1S/C15H18F2N4/c1-2-6-19-14-12(16)10-13(17)15(21-14)20-9-5-11-3-7-18-8-4-11/h3-4,7-8,10H,2,5-6,9H2,1H3,(H2,19,20,21). The highest BCUT2D eigenvalue weighted by Gasteiger charge is 2.11. The van der Waals surface area contributed by atoms with Gasteiger partial charge in [-0.1, -0.05) is 6.92 Å². The summed E-state index contributed by atoms with van der Waals surface area (Å²) in [6.45, 7) is 3.06. The lowest BCUT2D eigenvalue weighted by Gasteiger charge is -2.10. The summed E-state index contributed by atoms with van der Waals surface area (Å²) in [6.07, 6.45) is 4.96. The van der Waals surface area contributed by atoms with Gasteiger partial charge in [0, 0.05) is 31.5 Å². The molecule has 21 heavy (non-hydrogen) atoms. The van der Waals surface area contributed by atoms with Gasteiger partial charge in [0.05, 0.1) is 0 Å². The van der Waals surface area contributed by atoms with E-state index >= 15 is 0 Å². The second-order valence-electron chi connectivity index (χ2n) is 4.61. The number of hydrogen-bond donors (Lipinski definition) is 2. The van der Waals surface area contributed by atoms with Crippen LogP contribution in [0.3, 0.4) is 0 Å². The van der Waals surface area contributed by atoms with E-state index in [2.05, 4.69) is 20.6 Å². The fourth-order valence-corrected chi connectivity index (χ4v) is 1.83. The number of nitrogens with zero attached hydrogens (tertiary/aromatic N) is 2. The Morgan fingerprint density at radius 2 is 1.62 bits per heavy atom. The summed E-state index contributed by atoms with van der Waals surface area (Å²) in [7, 11) is 0. The van der Waals surface area contributed by atoms with E-state index in [0.29, 0.717) is 19.5 Å². The normalized spacial score (nSPS) is 10.4. The van der Waals surface area contributed by atoms with Gasteiger partial charge in [-0.05, 0) is 30.5 Å². The molecule has 0 aliphatic heterocycles. The van der Waals surface area contributed by atoms with Crippen LogP contribution in [-0.4, -0.2) is 23.1 Å². The molecular weight excluding hydrogens is 274 g/mol. The summed E-state index contributed by atoms with van der Waals surface area (Å²) in [5.74, 6) is -1.24. The highest BCUT2D eigenvalue weighted by molar-refractivity contribution is 5.47. The van der Waals surface area contributed by atoms with E-state index in [0.717, 1.165) is 18.1 Å². The highest BCUT2D eigenvalue weighted by Crippen LogP contribution is 2.19. The van der Waals surface area contributed by atoms with Gasteiger partial charge in [0.2, 0.25) is 0 Å². The first-order valence-corrected chi connectivity index (χ1v) is 6.93. The molecule has 2 heterocycles. The summed E-state index contributed by atoms with van der Waals surface area (Å²) < 4.78 is 27.2. The van der Waals surface area contributed by atoms with Crippen molar-refractivity contribution >= 4 is 11.6 Å². The van der Waals surface area contributed by atoms with Gasteiger partial charge < -0.3 is 10.6 Å². The van der Waals surface area contributed by atoms with Crippen molar-refractivity contribution in [3.8, 4) is 0 Å². The minimum atomic E-state index is -0.690. The average Bonchev–Trinajstić information content (AvgIpc) is 2.49. The zero-order valence-corrected chi connectivity index (χ0v) is 11.9. The van der Waals surface area contributed by atoms with Crippen molar-refractivity contribution in [3.63, 3.8) is 0 Å². The van der Waals surface area contributed by atoms with Crippen LogP contribution in [0.5, 0.6) is 0 Å². The number of aromatic nitrogens is 2. The fraction of sp³-hybridized carbons (Fsp3) is 0.333. The zero-order chi connectivity index (χ0) is 15.1. The Morgan fingerprint density at radius 1 is 1.00 bits per heavy atom. The molecule has 2 rings (SSSR count). The predicted octanol–water partition coefficient (Wildman–Crippen LogP) is 3.23. The maximum absolute atomic E-state index is 13.7. The van der Waals surface area contributed by atoms with Crippen LogP contribution < -0.4 is 10.6 Å². The monoisotopic (exact) mass is 292 g/mol. The summed E-state index contributed by atoms with van der Waals surface area (Å²) >= 11 is 0. The van der Waals surface area contributed by atoms with Crippen LogP contribution in [0.15, 0.2) is 30.6 Å². The SMILES string of the molecule is CCCNc1nc(NCCc2ccncc2)c(F)cc1F. The lowest BCUT2D eigenvalue weighted by Crippen LogP contribution is -2.11. The molecule has 0 aliphatic carbocycles. The molecule has 0 amide bonds. The quantitative estimate of drug-likeness (QED) is 0.822. The van der Waals surface area contributed by atoms with Crippen LogP contribution in [-0.2, 0) is 6.42 Å². The van der Waals surface area contributed by atoms with E-state index in [1.165, 1.54) is 0 Å². The Morgan fingerprint density at radius 3 is 2.24 bits per heavy atom. The van der Waals surface area contributed by atoms with Crippen molar-refractivity contribution in [3.05, 3.63) is 47.8 Å². The molecule has 0 spiro atoms. The number of pyridine rings is 2. The Labute approximate surface area is 122 Å². The van der Waals surface area contributed by atoms with Crippen LogP contribution >= 0.6 is 0 Å². The third-order valence-corrected chi connectivity index (χ3v) is 2.93. The van der Waals surface area contributed by atoms with Gasteiger partial charge in [0.15, 0.2) is 23.3 Å². The summed E-state index contributed by atoms with van der Waals surface area (Å²) in [6, 6.07) is 4.63. The molecule has 0 atom stereocenters. The first kappa shape index (κ1) is 15.2. The molecule has 2 aromatic rings. The van der Waals surface area contributed by atoms with Crippen molar-refractivity contribution in [2.75, 3.05) is 23.7 Å². The molecule has 0 aromatic carbocycles. The number of anilines is 2. The minimum Gasteiger partial charge on any atom is -0.368 e. The minimum absolute atomic E-state index is 0.0593. The Kier molecular flexibility index (Phi) is 5.43. The largest absolute Gasteiger partial charge is 0.368 e. The third kappa shape index (κ3) is 4.37. The molecule has 2 aromatic heterocycles. The summed E-state index contributed by atoms with van der Waals surface area (Å²) in [5.41, 5.74) is 1.09. The summed E-state index contributed by atoms with van der Waals surface area (Å²) in [5, 5.41) is 5.73. The van der Waals surface area contributed by atoms with Gasteiger partial charge in [-0.3, -0.25) is 4.98 Å². The molecular formula is C15H18F2N4. The van der Waals surface area contributed by atoms with Gasteiger partial charge in [0.25, 0.3) is 0 Å². The Hall–Kier alpha value is -2.24. The molecule has 6 heteroatoms. The molecule has 0 unspecified atom stereocenters. The van der Waals surface area contributed by atoms with E-state index in [9.17, 15) is 8.78 Å². The molecule has 4 nitrogen and oxygen atoms in total. The van der Waals surface area contributed by atoms with E-state index in [-0.39, 0.29) is 11.6 Å². The topological polar surface area (TPSA) is 49.8 Å². The van der Waals surface area contributed by atoms with Crippen molar-refractivity contribution in [2.24, 2.45) is 0 Å². The van der Waals surface area contributed by atoms with Crippen molar-refractivity contribution in [1.29, 1.82) is 0 Å².